The van der Waals surface area contributed by atoms with Crippen LogP contribution in [0.5, 0.6) is 0 Å². The quantitative estimate of drug-likeness (QED) is 0.210. The lowest BCUT2D eigenvalue weighted by Gasteiger charge is -2.21. The van der Waals surface area contributed by atoms with Gasteiger partial charge in [-0.3, -0.25) is 29.9 Å². The van der Waals surface area contributed by atoms with E-state index in [-0.39, 0.29) is 24.0 Å². The molecule has 3 N–H and O–H groups in total. The first kappa shape index (κ1) is 24.5. The maximum absolute atomic E-state index is 13.4. The van der Waals surface area contributed by atoms with Crippen LogP contribution < -0.4 is 20.7 Å². The van der Waals surface area contributed by atoms with Crippen molar-refractivity contribution in [1.29, 1.82) is 0 Å². The summed E-state index contributed by atoms with van der Waals surface area (Å²) in [5.41, 5.74) is 7.35. The van der Waals surface area contributed by atoms with Gasteiger partial charge in [-0.2, -0.15) is 8.42 Å². The van der Waals surface area contributed by atoms with Crippen molar-refractivity contribution in [2.75, 3.05) is 27.5 Å². The third-order valence-electron chi connectivity index (χ3n) is 4.86. The molecule has 2 aromatic carbocycles. The topological polar surface area (TPSA) is 119 Å². The van der Waals surface area contributed by atoms with Gasteiger partial charge in [0.1, 0.15) is 9.93 Å². The third kappa shape index (κ3) is 5.39. The number of carbonyl (C=O) groups is 2. The monoisotopic (exact) mass is 536 g/mol. The standard InChI is InChI=1S/C21H20N4O5S4/c1-13(26)22-23-14-7-9-15(10-8-14)25-19(27)18(33-21(25)31)20-24(11-4-12-34(28,29)30)16-5-2-3-6-17(16)32-20/h2-3,5-10,23H,4,11-12H2,1H3,(H,22,26)(H,28,29,30)/b20-18+. The number of benzene rings is 2. The molecule has 0 bridgehead atoms. The average Bonchev–Trinajstić information content (AvgIpc) is 3.28. The van der Waals surface area contributed by atoms with Crippen LogP contribution in [0.3, 0.4) is 0 Å². The van der Waals surface area contributed by atoms with Gasteiger partial charge in [-0.25, -0.2) is 0 Å². The Morgan fingerprint density at radius 1 is 1.12 bits per heavy atom. The number of fused-ring (bicyclic) bond motifs is 1. The summed E-state index contributed by atoms with van der Waals surface area (Å²) in [6.45, 7) is 1.70. The third-order valence-corrected chi connectivity index (χ3v) is 8.34. The van der Waals surface area contributed by atoms with Crippen molar-refractivity contribution >= 4 is 79.1 Å². The van der Waals surface area contributed by atoms with Crippen LogP contribution in [-0.2, 0) is 19.7 Å². The van der Waals surface area contributed by atoms with Gasteiger partial charge in [-0.05, 0) is 42.8 Å². The fraction of sp³-hybridized carbons (Fsp3) is 0.190. The number of anilines is 3. The van der Waals surface area contributed by atoms with Gasteiger partial charge in [-0.1, -0.05) is 47.9 Å². The van der Waals surface area contributed by atoms with Crippen LogP contribution in [0.2, 0.25) is 0 Å². The van der Waals surface area contributed by atoms with Crippen molar-refractivity contribution < 1.29 is 22.6 Å². The number of thioether (sulfide) groups is 2. The highest BCUT2D eigenvalue weighted by Crippen LogP contribution is 2.51. The summed E-state index contributed by atoms with van der Waals surface area (Å²) in [7, 11) is -4.09. The lowest BCUT2D eigenvalue weighted by molar-refractivity contribution is -0.118. The molecule has 0 unspecified atom stereocenters. The zero-order chi connectivity index (χ0) is 24.5. The van der Waals surface area contributed by atoms with Crippen molar-refractivity contribution in [2.24, 2.45) is 0 Å². The molecule has 2 heterocycles. The van der Waals surface area contributed by atoms with E-state index in [9.17, 15) is 18.0 Å². The highest BCUT2D eigenvalue weighted by atomic mass is 32.2. The van der Waals surface area contributed by atoms with E-state index in [4.69, 9.17) is 16.8 Å². The molecule has 0 saturated carbocycles. The molecule has 13 heteroatoms. The van der Waals surface area contributed by atoms with Crippen LogP contribution in [0.25, 0.3) is 0 Å². The number of amides is 2. The molecule has 2 aliphatic heterocycles. The van der Waals surface area contributed by atoms with Crippen LogP contribution in [0.4, 0.5) is 17.1 Å². The first-order valence-electron chi connectivity index (χ1n) is 10.1. The summed E-state index contributed by atoms with van der Waals surface area (Å²) in [4.78, 5) is 29.3. The van der Waals surface area contributed by atoms with E-state index in [1.165, 1.54) is 35.3 Å². The van der Waals surface area contributed by atoms with E-state index >= 15 is 0 Å². The van der Waals surface area contributed by atoms with Gasteiger partial charge in [0.25, 0.3) is 16.0 Å². The van der Waals surface area contributed by atoms with Gasteiger partial charge in [0, 0.05) is 18.4 Å². The molecule has 9 nitrogen and oxygen atoms in total. The van der Waals surface area contributed by atoms with Crippen molar-refractivity contribution in [3.05, 3.63) is 58.5 Å². The van der Waals surface area contributed by atoms with Crippen LogP contribution in [0.1, 0.15) is 13.3 Å². The van der Waals surface area contributed by atoms with Crippen molar-refractivity contribution in [3.63, 3.8) is 0 Å². The highest BCUT2D eigenvalue weighted by molar-refractivity contribution is 8.27. The van der Waals surface area contributed by atoms with Gasteiger partial charge in [-0.15, -0.1) is 0 Å². The number of hydrogen-bond acceptors (Lipinski definition) is 9. The fourth-order valence-corrected chi connectivity index (χ4v) is 6.53. The largest absolute Gasteiger partial charge is 0.334 e. The molecule has 0 aliphatic carbocycles. The zero-order valence-corrected chi connectivity index (χ0v) is 21.1. The summed E-state index contributed by atoms with van der Waals surface area (Å²) in [6.07, 6.45) is 0.195. The molecule has 2 aromatic rings. The van der Waals surface area contributed by atoms with Crippen LogP contribution in [0.15, 0.2) is 63.4 Å². The Morgan fingerprint density at radius 3 is 2.50 bits per heavy atom. The maximum atomic E-state index is 13.4. The number of hydrogen-bond donors (Lipinski definition) is 3. The Labute approximate surface area is 210 Å². The second kappa shape index (κ2) is 9.96. The smallest absolute Gasteiger partial charge is 0.273 e. The molecule has 0 atom stereocenters. The molecule has 34 heavy (non-hydrogen) atoms. The summed E-state index contributed by atoms with van der Waals surface area (Å²) in [6, 6.07) is 14.5. The lowest BCUT2D eigenvalue weighted by atomic mass is 10.2. The Balaban J connectivity index is 1.60. The lowest BCUT2D eigenvalue weighted by Crippen LogP contribution is -2.29. The Bertz CT molecular complexity index is 1290. The molecule has 2 aliphatic rings. The predicted octanol–water partition coefficient (Wildman–Crippen LogP) is 3.57. The summed E-state index contributed by atoms with van der Waals surface area (Å²) in [5, 5.41) is 0.681. The van der Waals surface area contributed by atoms with Crippen molar-refractivity contribution in [2.45, 2.75) is 18.2 Å². The normalized spacial score (nSPS) is 17.8. The molecule has 178 valence electrons. The molecular weight excluding hydrogens is 517 g/mol. The van der Waals surface area contributed by atoms with E-state index in [2.05, 4.69) is 10.9 Å². The molecular formula is C21H20N4O5S4. The molecule has 1 fully saturated rings. The number of hydrazine groups is 1. The van der Waals surface area contributed by atoms with E-state index < -0.39 is 10.1 Å². The van der Waals surface area contributed by atoms with Gasteiger partial charge >= 0.3 is 0 Å². The first-order valence-corrected chi connectivity index (χ1v) is 13.7. The van der Waals surface area contributed by atoms with Crippen molar-refractivity contribution in [1.82, 2.24) is 5.43 Å². The van der Waals surface area contributed by atoms with Gasteiger partial charge < -0.3 is 4.90 Å². The second-order valence-electron chi connectivity index (χ2n) is 7.36. The number of para-hydroxylation sites is 1. The number of nitrogens with one attached hydrogen (secondary N) is 2. The number of carbonyl (C=O) groups excluding carboxylic acids is 2. The van der Waals surface area contributed by atoms with E-state index in [0.29, 0.717) is 32.2 Å². The first-order chi connectivity index (χ1) is 16.1. The zero-order valence-electron chi connectivity index (χ0n) is 17.8. The average molecular weight is 537 g/mol. The minimum atomic E-state index is -4.09. The van der Waals surface area contributed by atoms with Crippen LogP contribution in [-0.4, -0.2) is 41.4 Å². The summed E-state index contributed by atoms with van der Waals surface area (Å²) >= 11 is 8.13. The summed E-state index contributed by atoms with van der Waals surface area (Å²) < 4.78 is 31.9. The SMILES string of the molecule is CC(=O)NNc1ccc(N2C(=O)/C(=C3\Sc4ccccc4N3CCCS(=O)(=O)O)SC2=S)cc1. The second-order valence-corrected chi connectivity index (χ2v) is 11.6. The number of rotatable bonds is 7. The minimum Gasteiger partial charge on any atom is -0.334 e. The van der Waals surface area contributed by atoms with E-state index in [0.717, 1.165) is 10.6 Å². The van der Waals surface area contributed by atoms with Crippen LogP contribution >= 0.6 is 35.7 Å². The number of thiocarbonyl (C=S) groups is 1. The Morgan fingerprint density at radius 2 is 1.82 bits per heavy atom. The van der Waals surface area contributed by atoms with Crippen LogP contribution in [0, 0.1) is 0 Å². The molecule has 0 spiro atoms. The fourth-order valence-electron chi connectivity index (χ4n) is 3.40. The molecule has 0 radical (unpaired) electrons. The van der Waals surface area contributed by atoms with E-state index in [1.807, 2.05) is 29.2 Å². The van der Waals surface area contributed by atoms with Crippen molar-refractivity contribution in [3.8, 4) is 0 Å². The molecule has 1 saturated heterocycles. The number of nitrogens with zero attached hydrogens (tertiary/aromatic N) is 2. The maximum Gasteiger partial charge on any atom is 0.273 e. The Kier molecular flexibility index (Phi) is 7.19. The molecule has 0 aromatic heterocycles. The predicted molar refractivity (Wildman–Crippen MR) is 139 cm³/mol. The molecule has 4 rings (SSSR count). The minimum absolute atomic E-state index is 0.195. The van der Waals surface area contributed by atoms with Gasteiger partial charge in [0.2, 0.25) is 5.91 Å². The van der Waals surface area contributed by atoms with E-state index in [1.54, 1.807) is 24.3 Å². The Hall–Kier alpha value is -2.58. The highest BCUT2D eigenvalue weighted by Gasteiger charge is 2.39. The molecule has 2 amide bonds. The van der Waals surface area contributed by atoms with Gasteiger partial charge in [0.05, 0.1) is 22.8 Å². The van der Waals surface area contributed by atoms with Gasteiger partial charge in [0.15, 0.2) is 4.32 Å². The summed E-state index contributed by atoms with van der Waals surface area (Å²) in [5.74, 6) is -0.875.